The van der Waals surface area contributed by atoms with E-state index in [1.54, 1.807) is 12.1 Å². The highest BCUT2D eigenvalue weighted by Crippen LogP contribution is 2.03. The van der Waals surface area contributed by atoms with E-state index >= 15 is 0 Å². The maximum Gasteiger partial charge on any atom is 0.191 e. The fourth-order valence-corrected chi connectivity index (χ4v) is 1.70. The Labute approximate surface area is 121 Å². The summed E-state index contributed by atoms with van der Waals surface area (Å²) in [5.74, 6) is 0.585. The highest BCUT2D eigenvalue weighted by Gasteiger charge is 1.98. The molecule has 0 saturated heterocycles. The Bertz CT molecular complexity index is 401. The van der Waals surface area contributed by atoms with Crippen molar-refractivity contribution in [3.63, 3.8) is 0 Å². The van der Waals surface area contributed by atoms with E-state index in [2.05, 4.69) is 34.6 Å². The zero-order valence-corrected chi connectivity index (χ0v) is 12.6. The van der Waals surface area contributed by atoms with Crippen LogP contribution in [0.2, 0.25) is 0 Å². The molecule has 4 nitrogen and oxygen atoms in total. The van der Waals surface area contributed by atoms with E-state index in [1.807, 2.05) is 6.92 Å². The predicted molar refractivity (Wildman–Crippen MR) is 82.4 cm³/mol. The summed E-state index contributed by atoms with van der Waals surface area (Å²) in [6.07, 6.45) is 1.06. The zero-order chi connectivity index (χ0) is 14.8. The lowest BCUT2D eigenvalue weighted by atomic mass is 10.2. The molecule has 0 aliphatic heterocycles. The molecule has 0 amide bonds. The molecule has 5 heteroatoms. The average Bonchev–Trinajstić information content (AvgIpc) is 2.42. The Balaban J connectivity index is 2.43. The second-order valence-electron chi connectivity index (χ2n) is 4.91. The fraction of sp³-hybridized carbons (Fsp3) is 0.533. The smallest absolute Gasteiger partial charge is 0.191 e. The normalized spacial score (nSPS) is 11.8. The van der Waals surface area contributed by atoms with Gasteiger partial charge in [-0.25, -0.2) is 9.38 Å². The van der Waals surface area contributed by atoms with Crippen LogP contribution in [-0.4, -0.2) is 44.6 Å². The fourth-order valence-electron chi connectivity index (χ4n) is 1.70. The van der Waals surface area contributed by atoms with E-state index < -0.39 is 0 Å². The maximum atomic E-state index is 12.8. The number of guanidine groups is 1. The van der Waals surface area contributed by atoms with Crippen molar-refractivity contribution < 1.29 is 4.39 Å². The lowest BCUT2D eigenvalue weighted by Gasteiger charge is -2.13. The second kappa shape index (κ2) is 9.31. The quantitative estimate of drug-likeness (QED) is 0.455. The first-order valence-corrected chi connectivity index (χ1v) is 7.03. The third-order valence-corrected chi connectivity index (χ3v) is 2.75. The monoisotopic (exact) mass is 280 g/mol. The molecule has 0 radical (unpaired) electrons. The lowest BCUT2D eigenvalue weighted by Crippen LogP contribution is -2.38. The summed E-state index contributed by atoms with van der Waals surface area (Å²) in [6, 6.07) is 6.44. The average molecular weight is 280 g/mol. The van der Waals surface area contributed by atoms with Crippen molar-refractivity contribution in [1.82, 2.24) is 15.5 Å². The van der Waals surface area contributed by atoms with Crippen molar-refractivity contribution in [1.29, 1.82) is 0 Å². The van der Waals surface area contributed by atoms with Crippen LogP contribution in [0.1, 0.15) is 18.9 Å². The summed E-state index contributed by atoms with van der Waals surface area (Å²) in [5, 5.41) is 6.50. The van der Waals surface area contributed by atoms with Gasteiger partial charge in [0.25, 0.3) is 0 Å². The summed E-state index contributed by atoms with van der Waals surface area (Å²) >= 11 is 0. The van der Waals surface area contributed by atoms with E-state index in [-0.39, 0.29) is 5.82 Å². The molecule has 112 valence electrons. The summed E-state index contributed by atoms with van der Waals surface area (Å²) in [5.41, 5.74) is 0.997. The van der Waals surface area contributed by atoms with Gasteiger partial charge in [-0.1, -0.05) is 12.1 Å². The van der Waals surface area contributed by atoms with Gasteiger partial charge < -0.3 is 15.5 Å². The molecule has 0 aromatic heterocycles. The Kier molecular flexibility index (Phi) is 7.65. The van der Waals surface area contributed by atoms with Crippen LogP contribution in [0.15, 0.2) is 29.3 Å². The van der Waals surface area contributed by atoms with Gasteiger partial charge in [0.1, 0.15) is 5.82 Å². The van der Waals surface area contributed by atoms with Crippen LogP contribution >= 0.6 is 0 Å². The molecular weight excluding hydrogens is 255 g/mol. The number of rotatable bonds is 7. The number of hydrogen-bond donors (Lipinski definition) is 2. The highest BCUT2D eigenvalue weighted by molar-refractivity contribution is 5.79. The minimum atomic E-state index is -0.216. The maximum absolute atomic E-state index is 12.8. The molecule has 20 heavy (non-hydrogen) atoms. The number of hydrogen-bond acceptors (Lipinski definition) is 2. The van der Waals surface area contributed by atoms with Gasteiger partial charge in [-0.3, -0.25) is 0 Å². The molecule has 0 heterocycles. The molecule has 0 aliphatic carbocycles. The number of nitrogens with one attached hydrogen (secondary N) is 2. The molecule has 0 saturated carbocycles. The number of halogens is 1. The second-order valence-corrected chi connectivity index (χ2v) is 4.91. The summed E-state index contributed by atoms with van der Waals surface area (Å²) in [6.45, 7) is 5.33. The third kappa shape index (κ3) is 7.09. The number of nitrogens with zero attached hydrogens (tertiary/aromatic N) is 2. The van der Waals surface area contributed by atoms with Gasteiger partial charge in [0.05, 0.1) is 6.54 Å². The van der Waals surface area contributed by atoms with Crippen LogP contribution in [0.25, 0.3) is 0 Å². The van der Waals surface area contributed by atoms with Crippen LogP contribution in [0, 0.1) is 5.82 Å². The van der Waals surface area contributed by atoms with Crippen molar-refractivity contribution >= 4 is 5.96 Å². The van der Waals surface area contributed by atoms with Crippen molar-refractivity contribution in [2.24, 2.45) is 4.99 Å². The van der Waals surface area contributed by atoms with Crippen LogP contribution in [0.4, 0.5) is 4.39 Å². The molecular formula is C15H25FN4. The van der Waals surface area contributed by atoms with Crippen molar-refractivity contribution in [3.05, 3.63) is 35.6 Å². The largest absolute Gasteiger partial charge is 0.357 e. The first-order chi connectivity index (χ1) is 9.61. The van der Waals surface area contributed by atoms with Gasteiger partial charge in [-0.2, -0.15) is 0 Å². The summed E-state index contributed by atoms with van der Waals surface area (Å²) in [4.78, 5) is 6.65. The van der Waals surface area contributed by atoms with Crippen LogP contribution < -0.4 is 10.6 Å². The summed E-state index contributed by atoms with van der Waals surface area (Å²) < 4.78 is 12.8. The number of benzene rings is 1. The van der Waals surface area contributed by atoms with Gasteiger partial charge in [0, 0.05) is 13.1 Å². The van der Waals surface area contributed by atoms with Crippen LogP contribution in [0.5, 0.6) is 0 Å². The molecule has 2 N–H and O–H groups in total. The molecule has 1 rings (SSSR count). The van der Waals surface area contributed by atoms with E-state index in [0.29, 0.717) is 6.54 Å². The van der Waals surface area contributed by atoms with E-state index in [4.69, 9.17) is 0 Å². The topological polar surface area (TPSA) is 39.7 Å². The van der Waals surface area contributed by atoms with Crippen molar-refractivity contribution in [3.8, 4) is 0 Å². The van der Waals surface area contributed by atoms with Gasteiger partial charge in [0.2, 0.25) is 0 Å². The first kappa shape index (κ1) is 16.4. The molecule has 0 spiro atoms. The van der Waals surface area contributed by atoms with Gasteiger partial charge >= 0.3 is 0 Å². The van der Waals surface area contributed by atoms with E-state index in [9.17, 15) is 4.39 Å². The van der Waals surface area contributed by atoms with E-state index in [0.717, 1.165) is 37.6 Å². The predicted octanol–water partition coefficient (Wildman–Crippen LogP) is 1.83. The molecule has 0 atom stereocenters. The summed E-state index contributed by atoms with van der Waals surface area (Å²) in [7, 11) is 4.13. The van der Waals surface area contributed by atoms with Crippen LogP contribution in [0.3, 0.4) is 0 Å². The Morgan fingerprint density at radius 3 is 2.50 bits per heavy atom. The van der Waals surface area contributed by atoms with Crippen molar-refractivity contribution in [2.75, 3.05) is 33.7 Å². The molecule has 0 aliphatic rings. The van der Waals surface area contributed by atoms with Gasteiger partial charge in [-0.05, 0) is 51.7 Å². The Morgan fingerprint density at radius 1 is 1.20 bits per heavy atom. The van der Waals surface area contributed by atoms with Crippen molar-refractivity contribution in [2.45, 2.75) is 19.9 Å². The molecule has 1 aromatic carbocycles. The van der Waals surface area contributed by atoms with Gasteiger partial charge in [0.15, 0.2) is 5.96 Å². The molecule has 1 aromatic rings. The SMILES string of the molecule is CCNC(=NCc1ccc(F)cc1)NCCCN(C)C. The first-order valence-electron chi connectivity index (χ1n) is 7.03. The lowest BCUT2D eigenvalue weighted by molar-refractivity contribution is 0.399. The zero-order valence-electron chi connectivity index (χ0n) is 12.6. The highest BCUT2D eigenvalue weighted by atomic mass is 19.1. The Hall–Kier alpha value is -1.62. The molecule has 0 bridgehead atoms. The minimum absolute atomic E-state index is 0.216. The molecule has 0 fully saturated rings. The Morgan fingerprint density at radius 2 is 1.90 bits per heavy atom. The number of aliphatic imine (C=N–C) groups is 1. The minimum Gasteiger partial charge on any atom is -0.357 e. The standard InChI is InChI=1S/C15H25FN4/c1-4-17-15(18-10-5-11-20(2)3)19-12-13-6-8-14(16)9-7-13/h6-9H,4-5,10-12H2,1-3H3,(H2,17,18,19). The third-order valence-electron chi connectivity index (χ3n) is 2.75. The van der Waals surface area contributed by atoms with Gasteiger partial charge in [-0.15, -0.1) is 0 Å². The van der Waals surface area contributed by atoms with E-state index in [1.165, 1.54) is 12.1 Å². The molecule has 0 unspecified atom stereocenters. The van der Waals surface area contributed by atoms with Crippen LogP contribution in [-0.2, 0) is 6.54 Å².